The van der Waals surface area contributed by atoms with Crippen molar-refractivity contribution >= 4 is 0 Å². The van der Waals surface area contributed by atoms with Crippen molar-refractivity contribution in [3.63, 3.8) is 0 Å². The average molecular weight is 234 g/mol. The molecule has 3 nitrogen and oxygen atoms in total. The number of methoxy groups -OCH3 is 1. The van der Waals surface area contributed by atoms with Gasteiger partial charge in [-0.2, -0.15) is 0 Å². The van der Waals surface area contributed by atoms with E-state index in [0.717, 1.165) is 25.3 Å². The molecular formula is C14H22N2O. The smallest absolute Gasteiger partial charge is 0.119 e. The molecule has 3 heteroatoms. The van der Waals surface area contributed by atoms with Crippen molar-refractivity contribution in [3.8, 4) is 5.75 Å². The van der Waals surface area contributed by atoms with E-state index in [9.17, 15) is 0 Å². The molecule has 0 atom stereocenters. The Hall–Kier alpha value is -1.06. The number of hydrogen-bond acceptors (Lipinski definition) is 3. The molecule has 1 aromatic rings. The predicted molar refractivity (Wildman–Crippen MR) is 70.3 cm³/mol. The molecule has 0 amide bonds. The van der Waals surface area contributed by atoms with Gasteiger partial charge in [0.05, 0.1) is 7.11 Å². The van der Waals surface area contributed by atoms with Crippen LogP contribution in [0.5, 0.6) is 5.75 Å². The van der Waals surface area contributed by atoms with Gasteiger partial charge in [-0.25, -0.2) is 0 Å². The predicted octanol–water partition coefficient (Wildman–Crippen LogP) is 1.66. The zero-order chi connectivity index (χ0) is 12.3. The Morgan fingerprint density at radius 2 is 2.18 bits per heavy atom. The number of nitrogens with two attached hydrogens (primary N) is 1. The molecule has 1 saturated carbocycles. The van der Waals surface area contributed by atoms with Crippen LogP contribution in [0.1, 0.15) is 18.4 Å². The Labute approximate surface area is 104 Å². The molecule has 94 valence electrons. The molecular weight excluding hydrogens is 212 g/mol. The number of hydrogen-bond donors (Lipinski definition) is 1. The molecule has 2 N–H and O–H groups in total. The molecule has 0 saturated heterocycles. The van der Waals surface area contributed by atoms with Crippen molar-refractivity contribution < 1.29 is 4.74 Å². The van der Waals surface area contributed by atoms with Crippen LogP contribution in [0.25, 0.3) is 0 Å². The van der Waals surface area contributed by atoms with Crippen LogP contribution in [0.3, 0.4) is 0 Å². The molecule has 0 unspecified atom stereocenters. The van der Waals surface area contributed by atoms with Gasteiger partial charge in [-0.15, -0.1) is 0 Å². The summed E-state index contributed by atoms with van der Waals surface area (Å²) in [4.78, 5) is 2.33. The van der Waals surface area contributed by atoms with Gasteiger partial charge in [0, 0.05) is 18.6 Å². The first-order valence-corrected chi connectivity index (χ1v) is 6.22. The van der Waals surface area contributed by atoms with Crippen LogP contribution in [0.15, 0.2) is 24.3 Å². The lowest BCUT2D eigenvalue weighted by molar-refractivity contribution is 0.306. The highest BCUT2D eigenvalue weighted by Gasteiger charge is 2.38. The van der Waals surface area contributed by atoms with Crippen LogP contribution >= 0.6 is 0 Å². The molecule has 0 aliphatic heterocycles. The summed E-state index contributed by atoms with van der Waals surface area (Å²) in [6.45, 7) is 2.06. The van der Waals surface area contributed by atoms with E-state index in [1.54, 1.807) is 7.11 Å². The molecule has 1 aliphatic carbocycles. The van der Waals surface area contributed by atoms with Crippen molar-refractivity contribution in [2.24, 2.45) is 5.73 Å². The normalized spacial score (nSPS) is 17.2. The van der Waals surface area contributed by atoms with E-state index in [-0.39, 0.29) is 5.54 Å². The lowest BCUT2D eigenvalue weighted by atomic mass is 10.1. The third-order valence-corrected chi connectivity index (χ3v) is 3.39. The van der Waals surface area contributed by atoms with Gasteiger partial charge in [-0.05, 0) is 44.0 Å². The van der Waals surface area contributed by atoms with E-state index in [1.165, 1.54) is 18.4 Å². The second-order valence-corrected chi connectivity index (χ2v) is 5.20. The average Bonchev–Trinajstić information content (AvgIpc) is 3.04. The maximum Gasteiger partial charge on any atom is 0.119 e. The van der Waals surface area contributed by atoms with Gasteiger partial charge in [-0.3, -0.25) is 0 Å². The molecule has 17 heavy (non-hydrogen) atoms. The molecule has 0 aromatic heterocycles. The number of nitrogens with zero attached hydrogens (tertiary/aromatic N) is 1. The topological polar surface area (TPSA) is 38.5 Å². The fourth-order valence-electron chi connectivity index (χ4n) is 2.08. The van der Waals surface area contributed by atoms with Crippen LogP contribution in [0, 0.1) is 0 Å². The van der Waals surface area contributed by atoms with Crippen molar-refractivity contribution in [1.29, 1.82) is 0 Å². The number of benzene rings is 1. The zero-order valence-corrected chi connectivity index (χ0v) is 10.8. The largest absolute Gasteiger partial charge is 0.497 e. The highest BCUT2D eigenvalue weighted by Crippen LogP contribution is 2.32. The fourth-order valence-corrected chi connectivity index (χ4v) is 2.08. The van der Waals surface area contributed by atoms with E-state index in [0.29, 0.717) is 0 Å². The van der Waals surface area contributed by atoms with Crippen molar-refractivity contribution in [1.82, 2.24) is 4.90 Å². The Bertz CT molecular complexity index is 374. The Kier molecular flexibility index (Phi) is 3.69. The second kappa shape index (κ2) is 5.07. The van der Waals surface area contributed by atoms with Crippen molar-refractivity contribution in [2.75, 3.05) is 27.2 Å². The van der Waals surface area contributed by atoms with E-state index in [1.807, 2.05) is 12.1 Å². The molecule has 0 bridgehead atoms. The quantitative estimate of drug-likeness (QED) is 0.813. The monoisotopic (exact) mass is 234 g/mol. The van der Waals surface area contributed by atoms with E-state index < -0.39 is 0 Å². The van der Waals surface area contributed by atoms with E-state index in [4.69, 9.17) is 10.5 Å². The molecule has 1 aromatic carbocycles. The van der Waals surface area contributed by atoms with Gasteiger partial charge < -0.3 is 15.4 Å². The number of likely N-dealkylation sites (N-methyl/N-ethyl adjacent to an activating group) is 1. The molecule has 2 rings (SSSR count). The molecule has 1 fully saturated rings. The summed E-state index contributed by atoms with van der Waals surface area (Å²) in [5, 5.41) is 0. The summed E-state index contributed by atoms with van der Waals surface area (Å²) >= 11 is 0. The van der Waals surface area contributed by atoms with Crippen LogP contribution in [0.2, 0.25) is 0 Å². The third kappa shape index (κ3) is 3.72. The summed E-state index contributed by atoms with van der Waals surface area (Å²) in [6, 6.07) is 8.26. The fraction of sp³-hybridized carbons (Fsp3) is 0.571. The molecule has 1 aliphatic rings. The summed E-state index contributed by atoms with van der Waals surface area (Å²) < 4.78 is 5.22. The van der Waals surface area contributed by atoms with Gasteiger partial charge in [0.15, 0.2) is 0 Å². The minimum absolute atomic E-state index is 0.114. The standard InChI is InChI=1S/C14H22N2O/c1-16(11-14(15)7-8-14)9-6-12-4-3-5-13(10-12)17-2/h3-5,10H,6-9,11,15H2,1-2H3. The molecule has 0 spiro atoms. The van der Waals surface area contributed by atoms with Crippen molar-refractivity contribution in [2.45, 2.75) is 24.8 Å². The van der Waals surface area contributed by atoms with Crippen LogP contribution in [0.4, 0.5) is 0 Å². The van der Waals surface area contributed by atoms with E-state index in [2.05, 4.69) is 24.1 Å². The maximum absolute atomic E-state index is 6.10. The SMILES string of the molecule is COc1cccc(CCN(C)CC2(N)CC2)c1. The van der Waals surface area contributed by atoms with E-state index >= 15 is 0 Å². The summed E-state index contributed by atoms with van der Waals surface area (Å²) in [5.41, 5.74) is 7.53. The van der Waals surface area contributed by atoms with Crippen LogP contribution in [-0.4, -0.2) is 37.7 Å². The maximum atomic E-state index is 6.10. The minimum atomic E-state index is 0.114. The first-order valence-electron chi connectivity index (χ1n) is 6.22. The summed E-state index contributed by atoms with van der Waals surface area (Å²) in [5.74, 6) is 0.933. The van der Waals surface area contributed by atoms with Gasteiger partial charge >= 0.3 is 0 Å². The first-order chi connectivity index (χ1) is 8.11. The van der Waals surface area contributed by atoms with Crippen LogP contribution in [-0.2, 0) is 6.42 Å². The Morgan fingerprint density at radius 1 is 1.41 bits per heavy atom. The minimum Gasteiger partial charge on any atom is -0.497 e. The third-order valence-electron chi connectivity index (χ3n) is 3.39. The number of rotatable bonds is 6. The summed E-state index contributed by atoms with van der Waals surface area (Å²) in [7, 11) is 3.85. The molecule has 0 heterocycles. The second-order valence-electron chi connectivity index (χ2n) is 5.20. The summed E-state index contributed by atoms with van der Waals surface area (Å²) in [6.07, 6.45) is 3.40. The molecule has 0 radical (unpaired) electrons. The lowest BCUT2D eigenvalue weighted by Crippen LogP contribution is -2.38. The van der Waals surface area contributed by atoms with Gasteiger partial charge in [0.1, 0.15) is 5.75 Å². The zero-order valence-electron chi connectivity index (χ0n) is 10.8. The lowest BCUT2D eigenvalue weighted by Gasteiger charge is -2.20. The van der Waals surface area contributed by atoms with Crippen molar-refractivity contribution in [3.05, 3.63) is 29.8 Å². The number of ether oxygens (including phenoxy) is 1. The highest BCUT2D eigenvalue weighted by atomic mass is 16.5. The highest BCUT2D eigenvalue weighted by molar-refractivity contribution is 5.28. The van der Waals surface area contributed by atoms with Crippen LogP contribution < -0.4 is 10.5 Å². The Morgan fingerprint density at radius 3 is 2.82 bits per heavy atom. The van der Waals surface area contributed by atoms with Gasteiger partial charge in [0.25, 0.3) is 0 Å². The van der Waals surface area contributed by atoms with Gasteiger partial charge in [0.2, 0.25) is 0 Å². The Balaban J connectivity index is 1.80. The van der Waals surface area contributed by atoms with Gasteiger partial charge in [-0.1, -0.05) is 12.1 Å². The first kappa shape index (κ1) is 12.4.